The molecule has 3 rings (SSSR count). The molecule has 2 heterocycles. The van der Waals surface area contributed by atoms with Crippen molar-refractivity contribution in [1.29, 1.82) is 0 Å². The second kappa shape index (κ2) is 4.62. The number of imidazole rings is 1. The van der Waals surface area contributed by atoms with E-state index in [2.05, 4.69) is 10.3 Å². The van der Waals surface area contributed by atoms with E-state index in [9.17, 15) is 8.78 Å². The van der Waals surface area contributed by atoms with Crippen LogP contribution in [0.5, 0.6) is 0 Å². The molecule has 0 saturated heterocycles. The topological polar surface area (TPSA) is 29.3 Å². The van der Waals surface area contributed by atoms with Gasteiger partial charge in [-0.05, 0) is 19.1 Å². The predicted molar refractivity (Wildman–Crippen MR) is 71.5 cm³/mol. The zero-order chi connectivity index (χ0) is 13.4. The van der Waals surface area contributed by atoms with Crippen molar-refractivity contribution in [3.05, 3.63) is 52.8 Å². The summed E-state index contributed by atoms with van der Waals surface area (Å²) in [5, 5.41) is 4.73. The van der Waals surface area contributed by atoms with E-state index in [1.807, 2.05) is 22.9 Å². The van der Waals surface area contributed by atoms with Crippen LogP contribution in [0.3, 0.4) is 0 Å². The van der Waals surface area contributed by atoms with Crippen LogP contribution < -0.4 is 5.32 Å². The monoisotopic (exact) mass is 279 g/mol. The Morgan fingerprint density at radius 3 is 2.79 bits per heavy atom. The number of anilines is 1. The Balaban J connectivity index is 1.90. The Bertz CT molecular complexity index is 712. The SMILES string of the molecule is Cc1nc2sccn2c1CNc1c(F)cccc1F. The number of hydrogen-bond donors (Lipinski definition) is 1. The molecule has 1 aromatic carbocycles. The number of nitrogens with zero attached hydrogens (tertiary/aromatic N) is 2. The maximum Gasteiger partial charge on any atom is 0.194 e. The van der Waals surface area contributed by atoms with E-state index in [0.717, 1.165) is 16.3 Å². The van der Waals surface area contributed by atoms with Crippen LogP contribution in [0, 0.1) is 18.6 Å². The zero-order valence-electron chi connectivity index (χ0n) is 10.2. The normalized spacial score (nSPS) is 11.1. The molecule has 98 valence electrons. The molecule has 0 unspecified atom stereocenters. The lowest BCUT2D eigenvalue weighted by Crippen LogP contribution is -2.06. The molecule has 3 aromatic rings. The first-order chi connectivity index (χ1) is 9.16. The highest BCUT2D eigenvalue weighted by atomic mass is 32.1. The minimum absolute atomic E-state index is 0.105. The van der Waals surface area contributed by atoms with Gasteiger partial charge in [0.1, 0.15) is 17.3 Å². The van der Waals surface area contributed by atoms with Crippen LogP contribution in [-0.4, -0.2) is 9.38 Å². The molecule has 6 heteroatoms. The summed E-state index contributed by atoms with van der Waals surface area (Å²) in [7, 11) is 0. The fourth-order valence-electron chi connectivity index (χ4n) is 1.99. The summed E-state index contributed by atoms with van der Waals surface area (Å²) in [5.41, 5.74) is 1.65. The molecule has 3 nitrogen and oxygen atoms in total. The molecule has 0 bridgehead atoms. The summed E-state index contributed by atoms with van der Waals surface area (Å²) in [5.74, 6) is -1.19. The lowest BCUT2D eigenvalue weighted by Gasteiger charge is -2.08. The molecule has 0 atom stereocenters. The molecule has 0 spiro atoms. The number of benzene rings is 1. The van der Waals surface area contributed by atoms with Gasteiger partial charge < -0.3 is 5.32 Å². The predicted octanol–water partition coefficient (Wildman–Crippen LogP) is 3.59. The second-order valence-corrected chi connectivity index (χ2v) is 5.02. The van der Waals surface area contributed by atoms with Crippen LogP contribution in [0.25, 0.3) is 4.96 Å². The lowest BCUT2D eigenvalue weighted by molar-refractivity contribution is 0.587. The van der Waals surface area contributed by atoms with Crippen molar-refractivity contribution in [2.45, 2.75) is 13.5 Å². The molecular formula is C13H11F2N3S. The Morgan fingerprint density at radius 1 is 1.32 bits per heavy atom. The summed E-state index contributed by atoms with van der Waals surface area (Å²) in [6.45, 7) is 2.20. The average molecular weight is 279 g/mol. The third kappa shape index (κ3) is 2.08. The van der Waals surface area contributed by atoms with Gasteiger partial charge >= 0.3 is 0 Å². The molecule has 0 aliphatic heterocycles. The van der Waals surface area contributed by atoms with Gasteiger partial charge in [-0.25, -0.2) is 13.8 Å². The Hall–Kier alpha value is -1.95. The minimum atomic E-state index is -0.594. The van der Waals surface area contributed by atoms with Gasteiger partial charge in [-0.1, -0.05) is 6.07 Å². The number of aromatic nitrogens is 2. The number of para-hydroxylation sites is 1. The Morgan fingerprint density at radius 2 is 2.05 bits per heavy atom. The van der Waals surface area contributed by atoms with Crippen LogP contribution >= 0.6 is 11.3 Å². The minimum Gasteiger partial charge on any atom is -0.375 e. The van der Waals surface area contributed by atoms with Crippen LogP contribution in [-0.2, 0) is 6.54 Å². The van der Waals surface area contributed by atoms with E-state index >= 15 is 0 Å². The fraction of sp³-hybridized carbons (Fsp3) is 0.154. The number of rotatable bonds is 3. The van der Waals surface area contributed by atoms with Crippen molar-refractivity contribution >= 4 is 22.0 Å². The van der Waals surface area contributed by atoms with Crippen molar-refractivity contribution in [3.63, 3.8) is 0 Å². The number of halogens is 2. The summed E-state index contributed by atoms with van der Waals surface area (Å²) >= 11 is 1.53. The molecular weight excluding hydrogens is 268 g/mol. The Labute approximate surface area is 112 Å². The molecule has 0 aliphatic rings. The van der Waals surface area contributed by atoms with Crippen molar-refractivity contribution in [2.75, 3.05) is 5.32 Å². The van der Waals surface area contributed by atoms with Gasteiger partial charge in [-0.3, -0.25) is 4.40 Å². The molecule has 2 aromatic heterocycles. The molecule has 19 heavy (non-hydrogen) atoms. The molecule has 0 fully saturated rings. The van der Waals surface area contributed by atoms with E-state index in [1.165, 1.54) is 29.5 Å². The fourth-order valence-corrected chi connectivity index (χ4v) is 2.77. The second-order valence-electron chi connectivity index (χ2n) is 4.15. The van der Waals surface area contributed by atoms with Crippen LogP contribution in [0.15, 0.2) is 29.8 Å². The number of fused-ring (bicyclic) bond motifs is 1. The van der Waals surface area contributed by atoms with Crippen LogP contribution in [0.1, 0.15) is 11.4 Å². The summed E-state index contributed by atoms with van der Waals surface area (Å²) in [6, 6.07) is 3.81. The lowest BCUT2D eigenvalue weighted by atomic mass is 10.2. The molecule has 0 aliphatic carbocycles. The van der Waals surface area contributed by atoms with Crippen LogP contribution in [0.2, 0.25) is 0 Å². The standard InChI is InChI=1S/C13H11F2N3S/c1-8-11(18-5-6-19-13(18)17-8)7-16-12-9(14)3-2-4-10(12)15/h2-6,16H,7H2,1H3. The molecule has 0 amide bonds. The summed E-state index contributed by atoms with van der Waals surface area (Å²) in [6.07, 6.45) is 1.90. The number of nitrogens with one attached hydrogen (secondary N) is 1. The average Bonchev–Trinajstić information content (AvgIpc) is 2.90. The number of aryl methyl sites for hydroxylation is 1. The highest BCUT2D eigenvalue weighted by Gasteiger charge is 2.12. The number of thiazole rings is 1. The summed E-state index contributed by atoms with van der Waals surface area (Å²) < 4.78 is 28.9. The van der Waals surface area contributed by atoms with Gasteiger partial charge in [0.05, 0.1) is 17.9 Å². The third-order valence-corrected chi connectivity index (χ3v) is 3.71. The maximum absolute atomic E-state index is 13.5. The highest BCUT2D eigenvalue weighted by Crippen LogP contribution is 2.21. The van der Waals surface area contributed by atoms with Gasteiger partial charge in [-0.2, -0.15) is 0 Å². The molecule has 0 saturated carbocycles. The zero-order valence-corrected chi connectivity index (χ0v) is 11.0. The quantitative estimate of drug-likeness (QED) is 0.794. The first kappa shape index (κ1) is 12.1. The van der Waals surface area contributed by atoms with Gasteiger partial charge in [0.25, 0.3) is 0 Å². The molecule has 0 radical (unpaired) electrons. The largest absolute Gasteiger partial charge is 0.375 e. The van der Waals surface area contributed by atoms with Gasteiger partial charge in [0.2, 0.25) is 0 Å². The van der Waals surface area contributed by atoms with E-state index in [1.54, 1.807) is 0 Å². The first-order valence-electron chi connectivity index (χ1n) is 5.75. The van der Waals surface area contributed by atoms with Crippen LogP contribution in [0.4, 0.5) is 14.5 Å². The van der Waals surface area contributed by atoms with Crippen molar-refractivity contribution < 1.29 is 8.78 Å². The smallest absolute Gasteiger partial charge is 0.194 e. The van der Waals surface area contributed by atoms with Gasteiger partial charge in [0, 0.05) is 11.6 Å². The summed E-state index contributed by atoms with van der Waals surface area (Å²) in [4.78, 5) is 5.26. The van der Waals surface area contributed by atoms with Crippen molar-refractivity contribution in [2.24, 2.45) is 0 Å². The van der Waals surface area contributed by atoms with E-state index in [0.29, 0.717) is 6.54 Å². The van der Waals surface area contributed by atoms with Gasteiger partial charge in [-0.15, -0.1) is 11.3 Å². The Kier molecular flexibility index (Phi) is 2.94. The van der Waals surface area contributed by atoms with Gasteiger partial charge in [0.15, 0.2) is 4.96 Å². The first-order valence-corrected chi connectivity index (χ1v) is 6.63. The van der Waals surface area contributed by atoms with Crippen molar-refractivity contribution in [1.82, 2.24) is 9.38 Å². The highest BCUT2D eigenvalue weighted by molar-refractivity contribution is 7.15. The third-order valence-electron chi connectivity index (χ3n) is 2.96. The maximum atomic E-state index is 13.5. The van der Waals surface area contributed by atoms with Crippen molar-refractivity contribution in [3.8, 4) is 0 Å². The number of hydrogen-bond acceptors (Lipinski definition) is 3. The molecule has 1 N–H and O–H groups in total. The van der Waals surface area contributed by atoms with E-state index < -0.39 is 11.6 Å². The van der Waals surface area contributed by atoms with E-state index in [4.69, 9.17) is 0 Å². The van der Waals surface area contributed by atoms with E-state index in [-0.39, 0.29) is 5.69 Å².